The van der Waals surface area contributed by atoms with Crippen molar-refractivity contribution in [3.05, 3.63) is 216 Å². The summed E-state index contributed by atoms with van der Waals surface area (Å²) in [6.07, 6.45) is 9.93. The number of benzene rings is 10. The maximum absolute atomic E-state index is 2.48. The molecule has 0 spiro atoms. The molecule has 10 aromatic carbocycles. The lowest BCUT2D eigenvalue weighted by Gasteiger charge is -2.22. The van der Waals surface area contributed by atoms with Crippen molar-refractivity contribution >= 4 is 55.2 Å². The summed E-state index contributed by atoms with van der Waals surface area (Å²) in [4.78, 5) is 0. The molecule has 0 nitrogen and oxygen atoms in total. The van der Waals surface area contributed by atoms with Crippen molar-refractivity contribution < 1.29 is 0 Å². The van der Waals surface area contributed by atoms with Gasteiger partial charge in [-0.25, -0.2) is 0 Å². The Bertz CT molecular complexity index is 3460. The second-order valence-corrected chi connectivity index (χ2v) is 17.1. The van der Waals surface area contributed by atoms with Crippen molar-refractivity contribution in [3.8, 4) is 55.6 Å². The molecule has 10 aromatic rings. The summed E-state index contributed by atoms with van der Waals surface area (Å²) in [5.41, 5.74) is 17.9. The third-order valence-electron chi connectivity index (χ3n) is 13.4. The van der Waals surface area contributed by atoms with Crippen LogP contribution in [0.25, 0.3) is 111 Å². The van der Waals surface area contributed by atoms with Gasteiger partial charge in [-0.05, 0) is 152 Å². The van der Waals surface area contributed by atoms with E-state index in [2.05, 4.69) is 220 Å². The molecular weight excluding hydrogens is 721 g/mol. The largest absolute Gasteiger partial charge is 0.0801 e. The van der Waals surface area contributed by atoms with E-state index < -0.39 is 0 Å². The van der Waals surface area contributed by atoms with E-state index >= 15 is 0 Å². The molecule has 2 aliphatic rings. The Morgan fingerprint density at radius 1 is 0.333 bits per heavy atom. The number of allylic oxidation sites excluding steroid dienone is 2. The molecule has 0 bridgehead atoms. The van der Waals surface area contributed by atoms with Gasteiger partial charge in [-0.3, -0.25) is 0 Å². The maximum atomic E-state index is 2.48. The fourth-order valence-electron chi connectivity index (χ4n) is 10.5. The summed E-state index contributed by atoms with van der Waals surface area (Å²) in [6, 6.07) is 68.7. The van der Waals surface area contributed by atoms with Gasteiger partial charge in [0.1, 0.15) is 0 Å². The Morgan fingerprint density at radius 3 is 1.73 bits per heavy atom. The summed E-state index contributed by atoms with van der Waals surface area (Å²) in [5, 5.41) is 10.1. The molecule has 0 aromatic heterocycles. The fourth-order valence-corrected chi connectivity index (χ4v) is 10.5. The SMILES string of the molecule is CC1(C)c2ccccc2-c2ccc(-c3ccc4c(-c5ccc(-c6ccc7c(c6)C=CCC=C7)cc5)c5ccccc5c(-c5cc6ccccc6c6ccccc56)c4c3)cc21. The summed E-state index contributed by atoms with van der Waals surface area (Å²) in [5.74, 6) is 0. The van der Waals surface area contributed by atoms with E-state index in [1.165, 1.54) is 121 Å². The lowest BCUT2D eigenvalue weighted by Crippen LogP contribution is -2.14. The molecule has 0 unspecified atom stereocenters. The highest BCUT2D eigenvalue weighted by molar-refractivity contribution is 6.26. The van der Waals surface area contributed by atoms with E-state index in [0.29, 0.717) is 0 Å². The molecular formula is C60H42. The standard InChI is InChI=1S/C60H42/c1-60(2)56-23-13-12-20-49(56)50-32-30-44(37-57(50)60)43-31-33-53-55(35-43)59(54-36-45-16-6-7-17-46(45)47-18-8-9-19-48(47)54)52-22-11-10-21-51(52)58(53)40-27-24-39(25-28-40)42-29-26-38-14-4-3-5-15-41(38)34-42/h4-37H,3H2,1-2H3. The number of rotatable bonds is 4. The average molecular weight is 763 g/mol. The van der Waals surface area contributed by atoms with Crippen molar-refractivity contribution in [2.24, 2.45) is 0 Å². The predicted molar refractivity (Wildman–Crippen MR) is 258 cm³/mol. The summed E-state index contributed by atoms with van der Waals surface area (Å²) in [7, 11) is 0. The van der Waals surface area contributed by atoms with Crippen LogP contribution < -0.4 is 0 Å². The minimum absolute atomic E-state index is 0.0738. The van der Waals surface area contributed by atoms with Gasteiger partial charge in [0.2, 0.25) is 0 Å². The second-order valence-electron chi connectivity index (χ2n) is 17.1. The molecule has 0 amide bonds. The van der Waals surface area contributed by atoms with Crippen LogP contribution in [0.5, 0.6) is 0 Å². The van der Waals surface area contributed by atoms with Gasteiger partial charge in [0.25, 0.3) is 0 Å². The van der Waals surface area contributed by atoms with E-state index in [1.807, 2.05) is 0 Å². The van der Waals surface area contributed by atoms with E-state index in [-0.39, 0.29) is 5.41 Å². The van der Waals surface area contributed by atoms with Crippen LogP contribution in [-0.4, -0.2) is 0 Å². The minimum atomic E-state index is -0.0738. The quantitative estimate of drug-likeness (QED) is 0.124. The van der Waals surface area contributed by atoms with Gasteiger partial charge in [0, 0.05) is 5.41 Å². The first kappa shape index (κ1) is 34.7. The molecule has 2 aliphatic carbocycles. The smallest absolute Gasteiger partial charge is 0.0159 e. The van der Waals surface area contributed by atoms with Crippen molar-refractivity contribution in [1.82, 2.24) is 0 Å². The van der Waals surface area contributed by atoms with E-state index in [1.54, 1.807) is 0 Å². The zero-order valence-corrected chi connectivity index (χ0v) is 33.8. The summed E-state index contributed by atoms with van der Waals surface area (Å²) >= 11 is 0. The van der Waals surface area contributed by atoms with Crippen molar-refractivity contribution in [3.63, 3.8) is 0 Å². The number of hydrogen-bond acceptors (Lipinski definition) is 0. The van der Waals surface area contributed by atoms with Crippen LogP contribution in [0, 0.1) is 0 Å². The van der Waals surface area contributed by atoms with Crippen molar-refractivity contribution in [1.29, 1.82) is 0 Å². The Morgan fingerprint density at radius 2 is 0.900 bits per heavy atom. The number of fused-ring (bicyclic) bond motifs is 9. The lowest BCUT2D eigenvalue weighted by atomic mass is 9.81. The maximum Gasteiger partial charge on any atom is 0.0159 e. The van der Waals surface area contributed by atoms with Crippen LogP contribution in [0.3, 0.4) is 0 Å². The first-order valence-corrected chi connectivity index (χ1v) is 21.2. The molecule has 282 valence electrons. The van der Waals surface area contributed by atoms with Gasteiger partial charge in [0.05, 0.1) is 0 Å². The Kier molecular flexibility index (Phi) is 7.75. The van der Waals surface area contributed by atoms with Crippen LogP contribution in [0.15, 0.2) is 194 Å². The molecule has 0 N–H and O–H groups in total. The molecule has 12 rings (SSSR count). The molecule has 0 heteroatoms. The van der Waals surface area contributed by atoms with Crippen LogP contribution in [0.4, 0.5) is 0 Å². The van der Waals surface area contributed by atoms with Crippen molar-refractivity contribution in [2.45, 2.75) is 25.7 Å². The monoisotopic (exact) mass is 762 g/mol. The Hall–Kier alpha value is -7.28. The third-order valence-corrected chi connectivity index (χ3v) is 13.4. The predicted octanol–water partition coefficient (Wildman–Crippen LogP) is 16.7. The van der Waals surface area contributed by atoms with Crippen molar-refractivity contribution in [2.75, 3.05) is 0 Å². The highest BCUT2D eigenvalue weighted by Crippen LogP contribution is 2.51. The third kappa shape index (κ3) is 5.31. The molecule has 60 heavy (non-hydrogen) atoms. The van der Waals surface area contributed by atoms with Gasteiger partial charge in [-0.15, -0.1) is 0 Å². The highest BCUT2D eigenvalue weighted by atomic mass is 14.4. The average Bonchev–Trinajstić information content (AvgIpc) is 3.41. The van der Waals surface area contributed by atoms with E-state index in [9.17, 15) is 0 Å². The number of hydrogen-bond donors (Lipinski definition) is 0. The molecule has 0 heterocycles. The van der Waals surface area contributed by atoms with Gasteiger partial charge in [0.15, 0.2) is 0 Å². The second kappa shape index (κ2) is 13.4. The first-order chi connectivity index (χ1) is 29.5. The van der Waals surface area contributed by atoms with Gasteiger partial charge in [-0.2, -0.15) is 0 Å². The topological polar surface area (TPSA) is 0 Å². The van der Waals surface area contributed by atoms with Crippen LogP contribution >= 0.6 is 0 Å². The first-order valence-electron chi connectivity index (χ1n) is 21.2. The van der Waals surface area contributed by atoms with Crippen LogP contribution in [-0.2, 0) is 5.41 Å². The molecule has 0 saturated carbocycles. The Labute approximate surface area is 351 Å². The van der Waals surface area contributed by atoms with Gasteiger partial charge < -0.3 is 0 Å². The zero-order valence-electron chi connectivity index (χ0n) is 33.8. The minimum Gasteiger partial charge on any atom is -0.0801 e. The van der Waals surface area contributed by atoms with Gasteiger partial charge in [-0.1, -0.05) is 196 Å². The zero-order chi connectivity index (χ0) is 40.0. The summed E-state index contributed by atoms with van der Waals surface area (Å²) in [6.45, 7) is 4.74. The summed E-state index contributed by atoms with van der Waals surface area (Å²) < 4.78 is 0. The molecule has 0 aliphatic heterocycles. The van der Waals surface area contributed by atoms with Gasteiger partial charge >= 0.3 is 0 Å². The fraction of sp³-hybridized carbons (Fsp3) is 0.0667. The Balaban J connectivity index is 1.11. The highest BCUT2D eigenvalue weighted by Gasteiger charge is 2.35. The molecule has 0 radical (unpaired) electrons. The van der Waals surface area contributed by atoms with Crippen LogP contribution in [0.2, 0.25) is 0 Å². The molecule has 0 fully saturated rings. The molecule has 0 saturated heterocycles. The van der Waals surface area contributed by atoms with Crippen LogP contribution in [0.1, 0.15) is 42.5 Å². The normalized spacial score (nSPS) is 13.8. The lowest BCUT2D eigenvalue weighted by molar-refractivity contribution is 0.660. The van der Waals surface area contributed by atoms with E-state index in [4.69, 9.17) is 0 Å². The van der Waals surface area contributed by atoms with E-state index in [0.717, 1.165) is 6.42 Å². The molecule has 0 atom stereocenters.